The van der Waals surface area contributed by atoms with Crippen LogP contribution >= 0.6 is 0 Å². The van der Waals surface area contributed by atoms with E-state index in [9.17, 15) is 0 Å². The van der Waals surface area contributed by atoms with Crippen LogP contribution in [0.4, 0.5) is 11.4 Å². The highest BCUT2D eigenvalue weighted by Crippen LogP contribution is 2.39. The number of anilines is 2. The molecule has 2 atom stereocenters. The third-order valence-corrected chi connectivity index (χ3v) is 13.5. The molecule has 8 aromatic carbocycles. The summed E-state index contributed by atoms with van der Waals surface area (Å²) in [7, 11) is 0. The maximum atomic E-state index is 2.52. The van der Waals surface area contributed by atoms with Gasteiger partial charge in [0.15, 0.2) is 0 Å². The average molecular weight is 897 g/mol. The number of aromatic nitrogens is 1. The van der Waals surface area contributed by atoms with Gasteiger partial charge in [0, 0.05) is 27.8 Å². The third-order valence-electron chi connectivity index (χ3n) is 13.5. The Kier molecular flexibility index (Phi) is 14.8. The fraction of sp³-hybridized carbons (Fsp3) is 0.164. The molecule has 1 heterocycles. The summed E-state index contributed by atoms with van der Waals surface area (Å²) in [4.78, 5) is 2.52. The second-order valence-electron chi connectivity index (χ2n) is 18.3. The van der Waals surface area contributed by atoms with Gasteiger partial charge in [-0.1, -0.05) is 207 Å². The molecule has 1 aromatic heterocycles. The van der Waals surface area contributed by atoms with E-state index in [2.05, 4.69) is 267 Å². The molecule has 0 N–H and O–H groups in total. The van der Waals surface area contributed by atoms with Gasteiger partial charge < -0.3 is 9.47 Å². The van der Waals surface area contributed by atoms with E-state index in [1.807, 2.05) is 13.8 Å². The van der Waals surface area contributed by atoms with Crippen molar-refractivity contribution in [1.29, 1.82) is 0 Å². The van der Waals surface area contributed by atoms with E-state index < -0.39 is 0 Å². The first kappa shape index (κ1) is 46.4. The molecule has 0 spiro atoms. The number of fused-ring (bicyclic) bond motifs is 3. The normalized spacial score (nSPS) is 14.9. The Hall–Kier alpha value is -7.68. The van der Waals surface area contributed by atoms with Crippen LogP contribution in [0.25, 0.3) is 44.2 Å². The average Bonchev–Trinajstić information content (AvgIpc) is 3.74. The van der Waals surface area contributed by atoms with E-state index in [1.54, 1.807) is 0 Å². The van der Waals surface area contributed by atoms with E-state index in [0.29, 0.717) is 5.92 Å². The Morgan fingerprint density at radius 1 is 0.522 bits per heavy atom. The van der Waals surface area contributed by atoms with Crippen molar-refractivity contribution in [3.63, 3.8) is 0 Å². The Morgan fingerprint density at radius 3 is 1.88 bits per heavy atom. The molecule has 9 aromatic rings. The predicted octanol–water partition coefficient (Wildman–Crippen LogP) is 17.9. The minimum atomic E-state index is 0.233. The minimum absolute atomic E-state index is 0.233. The first-order valence-corrected chi connectivity index (χ1v) is 24.9. The zero-order valence-electron chi connectivity index (χ0n) is 40.9. The molecule has 2 nitrogen and oxygen atoms in total. The summed E-state index contributed by atoms with van der Waals surface area (Å²) in [5, 5.41) is 2.63. The van der Waals surface area contributed by atoms with Crippen molar-refractivity contribution in [3.05, 3.63) is 276 Å². The second-order valence-corrected chi connectivity index (χ2v) is 18.3. The van der Waals surface area contributed by atoms with Gasteiger partial charge >= 0.3 is 0 Å². The van der Waals surface area contributed by atoms with Crippen LogP contribution in [0, 0.1) is 26.7 Å². The second kappa shape index (κ2) is 22.0. The molecule has 0 radical (unpaired) electrons. The summed E-state index contributed by atoms with van der Waals surface area (Å²) in [5.41, 5.74) is 19.4. The maximum Gasteiger partial charge on any atom is 0.0560 e. The van der Waals surface area contributed by atoms with Gasteiger partial charge in [-0.05, 0) is 151 Å². The van der Waals surface area contributed by atoms with Crippen molar-refractivity contribution < 1.29 is 0 Å². The Labute approximate surface area is 410 Å². The van der Waals surface area contributed by atoms with Crippen LogP contribution in [0.1, 0.15) is 65.6 Å². The van der Waals surface area contributed by atoms with Crippen molar-refractivity contribution in [2.24, 2.45) is 5.92 Å². The van der Waals surface area contributed by atoms with Crippen LogP contribution in [0.2, 0.25) is 0 Å². The van der Waals surface area contributed by atoms with Gasteiger partial charge in [0.2, 0.25) is 0 Å². The summed E-state index contributed by atoms with van der Waals surface area (Å²) in [6.45, 7) is 10.5. The van der Waals surface area contributed by atoms with Crippen molar-refractivity contribution in [2.45, 2.75) is 66.3 Å². The fourth-order valence-electron chi connectivity index (χ4n) is 9.89. The molecule has 11 rings (SSSR count). The molecular weight excluding hydrogens is 833 g/mol. The Bertz CT molecular complexity index is 3250. The van der Waals surface area contributed by atoms with E-state index in [0.717, 1.165) is 25.7 Å². The summed E-state index contributed by atoms with van der Waals surface area (Å²) in [6.07, 6.45) is 20.1. The van der Waals surface area contributed by atoms with Crippen LogP contribution in [0.15, 0.2) is 237 Å². The molecule has 2 aliphatic rings. The lowest BCUT2D eigenvalue weighted by molar-refractivity contribution is 0.654. The van der Waals surface area contributed by atoms with Crippen molar-refractivity contribution in [1.82, 2.24) is 4.57 Å². The van der Waals surface area contributed by atoms with E-state index in [-0.39, 0.29) is 6.04 Å². The summed E-state index contributed by atoms with van der Waals surface area (Å²) in [6, 6.07) is 70.9. The number of aryl methyl sites for hydroxylation is 3. The van der Waals surface area contributed by atoms with E-state index in [4.69, 9.17) is 0 Å². The highest BCUT2D eigenvalue weighted by Gasteiger charge is 2.23. The van der Waals surface area contributed by atoms with Gasteiger partial charge in [-0.25, -0.2) is 0 Å². The van der Waals surface area contributed by atoms with E-state index >= 15 is 0 Å². The summed E-state index contributed by atoms with van der Waals surface area (Å²) >= 11 is 0. The standard InChI is InChI=1S/C39H37N.C26H21N.C2H6/c1-29-17-22-35(23-18-29)40(36-24-19-33(20-25-36)32-14-7-4-8-15-32)37-26-21-34(27-31-12-5-3-6-13-31)39(28-37)38-16-10-9-11-30(38)2;1-19-11-13-20(14-12-19)17-21-15-16-26-24(18-21)23-9-5-6-10-25(23)27(26)22-7-3-2-4-8-22;1-2/h3-12,14-24,26,28,31,36H,13,25,27H2,1-2H3;2-16,18H,17H2,1H3;1-2H3. The lowest BCUT2D eigenvalue weighted by atomic mass is 9.87. The number of benzene rings is 8. The van der Waals surface area contributed by atoms with Crippen molar-refractivity contribution >= 4 is 38.8 Å². The highest BCUT2D eigenvalue weighted by molar-refractivity contribution is 6.09. The monoisotopic (exact) mass is 897 g/mol. The minimum Gasteiger partial charge on any atom is -0.334 e. The fourth-order valence-corrected chi connectivity index (χ4v) is 9.89. The number of hydrogen-bond acceptors (Lipinski definition) is 1. The van der Waals surface area contributed by atoms with Crippen LogP contribution in [-0.2, 0) is 12.8 Å². The molecule has 0 bridgehead atoms. The molecule has 342 valence electrons. The molecular formula is C67H64N2. The van der Waals surface area contributed by atoms with Crippen molar-refractivity contribution in [2.75, 3.05) is 4.90 Å². The first-order valence-electron chi connectivity index (χ1n) is 24.9. The molecule has 2 heteroatoms. The maximum absolute atomic E-state index is 2.52. The van der Waals surface area contributed by atoms with Gasteiger partial charge in [-0.15, -0.1) is 0 Å². The third kappa shape index (κ3) is 10.7. The predicted molar refractivity (Wildman–Crippen MR) is 298 cm³/mol. The zero-order chi connectivity index (χ0) is 47.5. The quantitative estimate of drug-likeness (QED) is 0.133. The van der Waals surface area contributed by atoms with E-state index in [1.165, 1.54) is 94.5 Å². The number of allylic oxidation sites excluding steroid dienone is 6. The van der Waals surface area contributed by atoms with Crippen molar-refractivity contribution in [3.8, 4) is 16.8 Å². The molecule has 69 heavy (non-hydrogen) atoms. The van der Waals surface area contributed by atoms with Gasteiger partial charge in [-0.3, -0.25) is 0 Å². The number of hydrogen-bond donors (Lipinski definition) is 0. The van der Waals surface area contributed by atoms with Crippen LogP contribution in [-0.4, -0.2) is 10.6 Å². The largest absolute Gasteiger partial charge is 0.334 e. The Balaban J connectivity index is 0.000000177. The molecule has 2 unspecified atom stereocenters. The highest BCUT2D eigenvalue weighted by atomic mass is 15.2. The summed E-state index contributed by atoms with van der Waals surface area (Å²) in [5.74, 6) is 0.537. The first-order chi connectivity index (χ1) is 33.9. The van der Waals surface area contributed by atoms with Gasteiger partial charge in [-0.2, -0.15) is 0 Å². The number of nitrogens with zero attached hydrogens (tertiary/aromatic N) is 2. The smallest absolute Gasteiger partial charge is 0.0560 e. The number of rotatable bonds is 10. The molecule has 0 amide bonds. The van der Waals surface area contributed by atoms with Gasteiger partial charge in [0.1, 0.15) is 0 Å². The molecule has 0 aliphatic heterocycles. The zero-order valence-corrected chi connectivity index (χ0v) is 40.9. The molecule has 0 fully saturated rings. The van der Waals surface area contributed by atoms with Crippen LogP contribution < -0.4 is 4.90 Å². The molecule has 0 saturated carbocycles. The molecule has 0 saturated heterocycles. The van der Waals surface area contributed by atoms with Crippen LogP contribution in [0.3, 0.4) is 0 Å². The topological polar surface area (TPSA) is 8.17 Å². The summed E-state index contributed by atoms with van der Waals surface area (Å²) < 4.78 is 2.36. The van der Waals surface area contributed by atoms with Gasteiger partial charge in [0.25, 0.3) is 0 Å². The van der Waals surface area contributed by atoms with Gasteiger partial charge in [0.05, 0.1) is 17.1 Å². The van der Waals surface area contributed by atoms with Crippen LogP contribution in [0.5, 0.6) is 0 Å². The lowest BCUT2D eigenvalue weighted by Crippen LogP contribution is -2.30. The molecule has 2 aliphatic carbocycles. The Morgan fingerprint density at radius 2 is 1.17 bits per heavy atom. The lowest BCUT2D eigenvalue weighted by Gasteiger charge is -2.34. The number of para-hydroxylation sites is 2. The SMILES string of the molecule is CC.Cc1ccc(Cc2ccc3c(c2)c2ccccc2n3-c2ccccc2)cc1.Cc1ccc(N(c2ccc(CC3C=CC=CC3)c(-c3ccccc3C)c2)C2C=CC(c3ccccc3)=CC2)cc1.